The molecule has 1 atom stereocenters. The van der Waals surface area contributed by atoms with E-state index in [-0.39, 0.29) is 45.6 Å². The lowest BCUT2D eigenvalue weighted by Crippen LogP contribution is -2.45. The lowest BCUT2D eigenvalue weighted by molar-refractivity contribution is 0.0239. The van der Waals surface area contributed by atoms with Gasteiger partial charge in [-0.25, -0.2) is 19.8 Å². The lowest BCUT2D eigenvalue weighted by atomic mass is 10.1. The number of nitrogens with two attached hydrogens (primary N) is 1. The van der Waals surface area contributed by atoms with E-state index in [2.05, 4.69) is 10.6 Å². The third-order valence-electron chi connectivity index (χ3n) is 4.89. The summed E-state index contributed by atoms with van der Waals surface area (Å²) in [6.45, 7) is 14.5. The Kier molecular flexibility index (Phi) is 9.06. The van der Waals surface area contributed by atoms with Crippen LogP contribution in [0.4, 0.5) is 25.4 Å². The van der Waals surface area contributed by atoms with Crippen molar-refractivity contribution in [1.82, 2.24) is 10.3 Å². The number of ether oxygens (including phenoxy) is 2. The molecule has 36 heavy (non-hydrogen) atoms. The second-order valence-electron chi connectivity index (χ2n) is 11.0. The molecule has 0 saturated carbocycles. The number of benzene rings is 1. The van der Waals surface area contributed by atoms with E-state index in [0.29, 0.717) is 13.0 Å². The van der Waals surface area contributed by atoms with Gasteiger partial charge in [0.2, 0.25) is 0 Å². The number of hydrogen-bond acceptors (Lipinski definition) is 8. The summed E-state index contributed by atoms with van der Waals surface area (Å²) in [6.07, 6.45) is -1.11. The molecule has 12 heteroatoms. The summed E-state index contributed by atoms with van der Waals surface area (Å²) in [7, 11) is 0. The van der Waals surface area contributed by atoms with Crippen LogP contribution >= 0.6 is 11.6 Å². The van der Waals surface area contributed by atoms with Gasteiger partial charge in [0.1, 0.15) is 17.0 Å². The van der Waals surface area contributed by atoms with Crippen LogP contribution in [-0.4, -0.2) is 59.5 Å². The lowest BCUT2D eigenvalue weighted by Gasteiger charge is -2.27. The maximum atomic E-state index is 15.4. The van der Waals surface area contributed by atoms with Crippen LogP contribution in [0.2, 0.25) is 5.02 Å². The van der Waals surface area contributed by atoms with Crippen LogP contribution in [0.15, 0.2) is 6.07 Å². The molecule has 10 nitrogen and oxygen atoms in total. The van der Waals surface area contributed by atoms with Crippen molar-refractivity contribution in [2.24, 2.45) is 5.84 Å². The number of halogens is 2. The summed E-state index contributed by atoms with van der Waals surface area (Å²) >= 11 is 6.63. The fraction of sp³-hybridized carbons (Fsp3) is 0.625. The summed E-state index contributed by atoms with van der Waals surface area (Å²) < 4.78 is 25.8. The van der Waals surface area contributed by atoms with Crippen LogP contribution in [0.1, 0.15) is 72.2 Å². The largest absolute Gasteiger partial charge is 0.444 e. The zero-order valence-corrected chi connectivity index (χ0v) is 22.9. The summed E-state index contributed by atoms with van der Waals surface area (Å²) in [5, 5.41) is 6.09. The van der Waals surface area contributed by atoms with Crippen molar-refractivity contribution < 1.29 is 28.2 Å². The number of rotatable bonds is 5. The van der Waals surface area contributed by atoms with Gasteiger partial charge in [-0.05, 0) is 67.9 Å². The molecule has 1 fully saturated rings. The number of carbonyl (C=O) groups excluding carboxylic acids is 3. The van der Waals surface area contributed by atoms with Crippen molar-refractivity contribution in [3.05, 3.63) is 22.5 Å². The molecule has 0 bridgehead atoms. The molecule has 0 spiro atoms. The van der Waals surface area contributed by atoms with Crippen molar-refractivity contribution >= 4 is 41.1 Å². The highest BCUT2D eigenvalue weighted by atomic mass is 35.5. The Balaban J connectivity index is 2.35. The third-order valence-corrected chi connectivity index (χ3v) is 5.26. The standard InChI is InChI=1S/C24H37ClFN5O5/c1-13(2)28-18-15(20(32)31(27)22(34)36-24(6,7)8)11-16(26)19(17(18)25)30-10-9-14(12-30)29-21(33)35-23(3,4)5/h11,13-14,28H,9-10,12,27H2,1-8H3,(H,29,33). The first kappa shape index (κ1) is 29.4. The summed E-state index contributed by atoms with van der Waals surface area (Å²) in [6, 6.07) is 0.526. The molecule has 202 valence electrons. The number of nitrogens with zero attached hydrogens (tertiary/aromatic N) is 2. The summed E-state index contributed by atoms with van der Waals surface area (Å²) in [4.78, 5) is 39.2. The van der Waals surface area contributed by atoms with Gasteiger partial charge in [0, 0.05) is 19.1 Å². The Morgan fingerprint density at radius 1 is 1.17 bits per heavy atom. The monoisotopic (exact) mass is 529 g/mol. The maximum absolute atomic E-state index is 15.4. The topological polar surface area (TPSA) is 126 Å². The van der Waals surface area contributed by atoms with Gasteiger partial charge in [0.25, 0.3) is 5.91 Å². The Labute approximate surface area is 216 Å². The molecule has 0 aliphatic carbocycles. The Morgan fingerprint density at radius 3 is 2.28 bits per heavy atom. The minimum atomic E-state index is -1.08. The van der Waals surface area contributed by atoms with Crippen molar-refractivity contribution in [1.29, 1.82) is 0 Å². The van der Waals surface area contributed by atoms with Gasteiger partial charge in [-0.1, -0.05) is 11.6 Å². The highest BCUT2D eigenvalue weighted by molar-refractivity contribution is 6.37. The van der Waals surface area contributed by atoms with Crippen molar-refractivity contribution in [3.8, 4) is 0 Å². The first-order chi connectivity index (χ1) is 16.4. The molecule has 1 aromatic rings. The molecule has 4 N–H and O–H groups in total. The average Bonchev–Trinajstić information content (AvgIpc) is 3.13. The number of hydrazine groups is 1. The predicted molar refractivity (Wildman–Crippen MR) is 137 cm³/mol. The molecule has 1 unspecified atom stereocenters. The number of imide groups is 1. The third kappa shape index (κ3) is 7.86. The molecule has 3 amide bonds. The van der Waals surface area contributed by atoms with Gasteiger partial charge in [-0.15, -0.1) is 0 Å². The minimum Gasteiger partial charge on any atom is -0.444 e. The zero-order chi connectivity index (χ0) is 27.6. The fourth-order valence-corrected chi connectivity index (χ4v) is 3.94. The van der Waals surface area contributed by atoms with Crippen LogP contribution < -0.4 is 21.4 Å². The molecule has 0 aromatic heterocycles. The molecule has 1 aliphatic heterocycles. The van der Waals surface area contributed by atoms with Crippen LogP contribution in [-0.2, 0) is 9.47 Å². The Morgan fingerprint density at radius 2 is 1.75 bits per heavy atom. The van der Waals surface area contributed by atoms with Gasteiger partial charge in [0.15, 0.2) is 0 Å². The van der Waals surface area contributed by atoms with E-state index in [1.54, 1.807) is 46.4 Å². The van der Waals surface area contributed by atoms with E-state index in [1.807, 2.05) is 13.8 Å². The van der Waals surface area contributed by atoms with E-state index < -0.39 is 35.1 Å². The summed E-state index contributed by atoms with van der Waals surface area (Å²) in [5.41, 5.74) is -1.54. The zero-order valence-electron chi connectivity index (χ0n) is 22.1. The van der Waals surface area contributed by atoms with Crippen molar-refractivity contribution in [2.45, 2.75) is 85.1 Å². The molecule has 2 rings (SSSR count). The van der Waals surface area contributed by atoms with Gasteiger partial charge < -0.3 is 25.0 Å². The van der Waals surface area contributed by atoms with E-state index in [0.717, 1.165) is 6.07 Å². The Hall–Kier alpha value is -2.79. The fourth-order valence-electron chi connectivity index (χ4n) is 3.58. The highest BCUT2D eigenvalue weighted by Crippen LogP contribution is 2.40. The van der Waals surface area contributed by atoms with Gasteiger partial charge in [-0.2, -0.15) is 5.01 Å². The smallest absolute Gasteiger partial charge is 0.432 e. The van der Waals surface area contributed by atoms with Gasteiger partial charge in [0.05, 0.1) is 28.0 Å². The number of anilines is 2. The van der Waals surface area contributed by atoms with E-state index in [9.17, 15) is 14.4 Å². The highest BCUT2D eigenvalue weighted by Gasteiger charge is 2.34. The van der Waals surface area contributed by atoms with E-state index >= 15 is 4.39 Å². The maximum Gasteiger partial charge on any atom is 0.432 e. The first-order valence-corrected chi connectivity index (χ1v) is 12.1. The second kappa shape index (κ2) is 11.1. The predicted octanol–water partition coefficient (Wildman–Crippen LogP) is 4.65. The number of nitrogens with one attached hydrogen (secondary N) is 2. The van der Waals surface area contributed by atoms with Crippen LogP contribution in [0.25, 0.3) is 0 Å². The van der Waals surface area contributed by atoms with E-state index in [4.69, 9.17) is 26.9 Å². The van der Waals surface area contributed by atoms with Crippen molar-refractivity contribution in [2.75, 3.05) is 23.3 Å². The molecular weight excluding hydrogens is 493 g/mol. The Bertz CT molecular complexity index is 1010. The minimum absolute atomic E-state index is 0.0393. The number of alkyl carbamates (subject to hydrolysis) is 1. The number of hydrogen-bond donors (Lipinski definition) is 3. The number of carbonyl (C=O) groups is 3. The van der Waals surface area contributed by atoms with Gasteiger partial charge in [-0.3, -0.25) is 4.79 Å². The molecule has 1 aromatic carbocycles. The number of amides is 3. The van der Waals surface area contributed by atoms with Crippen LogP contribution in [0.3, 0.4) is 0 Å². The molecular formula is C24H37ClFN5O5. The molecule has 1 aliphatic rings. The molecule has 0 radical (unpaired) electrons. The quantitative estimate of drug-likeness (QED) is 0.286. The average molecular weight is 530 g/mol. The first-order valence-electron chi connectivity index (χ1n) is 11.7. The van der Waals surface area contributed by atoms with Crippen molar-refractivity contribution in [3.63, 3.8) is 0 Å². The SMILES string of the molecule is CC(C)Nc1c(C(=O)N(N)C(=O)OC(C)(C)C)cc(F)c(N2CCC(NC(=O)OC(C)(C)C)C2)c1Cl. The van der Waals surface area contributed by atoms with Crippen LogP contribution in [0.5, 0.6) is 0 Å². The van der Waals surface area contributed by atoms with Crippen LogP contribution in [0, 0.1) is 5.82 Å². The summed E-state index contributed by atoms with van der Waals surface area (Å²) in [5.74, 6) is 3.97. The molecule has 1 saturated heterocycles. The molecule has 1 heterocycles. The van der Waals surface area contributed by atoms with E-state index in [1.165, 1.54) is 0 Å². The normalized spacial score (nSPS) is 16.1. The second-order valence-corrected chi connectivity index (χ2v) is 11.4. The van der Waals surface area contributed by atoms with Gasteiger partial charge >= 0.3 is 12.2 Å².